The Morgan fingerprint density at radius 1 is 1.41 bits per heavy atom. The zero-order valence-corrected chi connectivity index (χ0v) is 10.6. The van der Waals surface area contributed by atoms with Crippen molar-refractivity contribution in [2.45, 2.75) is 50.7 Å². The molecule has 3 rings (SSSR count). The predicted octanol–water partition coefficient (Wildman–Crippen LogP) is 1.31. The van der Waals surface area contributed by atoms with Crippen molar-refractivity contribution in [3.63, 3.8) is 0 Å². The van der Waals surface area contributed by atoms with Crippen LogP contribution in [0.4, 0.5) is 0 Å². The number of aromatic nitrogens is 2. The van der Waals surface area contributed by atoms with E-state index in [2.05, 4.69) is 21.5 Å². The largest absolute Gasteiger partial charge is 0.316 e. The van der Waals surface area contributed by atoms with Gasteiger partial charge in [0.15, 0.2) is 0 Å². The Kier molecular flexibility index (Phi) is 2.92. The van der Waals surface area contributed by atoms with Crippen molar-refractivity contribution in [3.8, 4) is 0 Å². The van der Waals surface area contributed by atoms with Crippen LogP contribution in [-0.2, 0) is 12.8 Å². The third-order valence-electron chi connectivity index (χ3n) is 4.30. The van der Waals surface area contributed by atoms with Crippen LogP contribution in [0.25, 0.3) is 0 Å². The van der Waals surface area contributed by atoms with Crippen molar-refractivity contribution in [3.05, 3.63) is 17.7 Å². The fourth-order valence-corrected chi connectivity index (χ4v) is 3.25. The Labute approximate surface area is 103 Å². The summed E-state index contributed by atoms with van der Waals surface area (Å²) < 4.78 is 2.29. The molecule has 0 aromatic carbocycles. The summed E-state index contributed by atoms with van der Waals surface area (Å²) in [6, 6.07) is 0.663. The molecule has 1 fully saturated rings. The van der Waals surface area contributed by atoms with Crippen LogP contribution < -0.4 is 5.73 Å². The van der Waals surface area contributed by atoms with Gasteiger partial charge in [0.1, 0.15) is 5.82 Å². The normalized spacial score (nSPS) is 29.5. The van der Waals surface area contributed by atoms with Gasteiger partial charge in [-0.3, -0.25) is 0 Å². The summed E-state index contributed by atoms with van der Waals surface area (Å²) in [7, 11) is 2.22. The third-order valence-corrected chi connectivity index (χ3v) is 4.30. The topological polar surface area (TPSA) is 47.1 Å². The van der Waals surface area contributed by atoms with Crippen LogP contribution in [-0.4, -0.2) is 34.1 Å². The lowest BCUT2D eigenvalue weighted by molar-refractivity contribution is 0.297. The third kappa shape index (κ3) is 2.00. The van der Waals surface area contributed by atoms with Crippen molar-refractivity contribution in [2.24, 2.45) is 5.73 Å². The van der Waals surface area contributed by atoms with E-state index in [0.717, 1.165) is 19.3 Å². The molecule has 2 atom stereocenters. The standard InChI is InChI=1S/C13H22N4/c1-16-7-3-5-10(16)8-13-15-9-11-4-2-6-12(14)17(11)13/h9-10,12H,2-8,14H2,1H3. The molecular formula is C13H22N4. The zero-order valence-electron chi connectivity index (χ0n) is 10.6. The summed E-state index contributed by atoms with van der Waals surface area (Å²) in [6.07, 6.45) is 9.30. The Balaban J connectivity index is 1.81. The van der Waals surface area contributed by atoms with Gasteiger partial charge in [0.25, 0.3) is 0 Å². The van der Waals surface area contributed by atoms with E-state index in [1.165, 1.54) is 37.3 Å². The van der Waals surface area contributed by atoms with Crippen LogP contribution in [0.3, 0.4) is 0 Å². The van der Waals surface area contributed by atoms with Crippen LogP contribution in [0, 0.1) is 0 Å². The summed E-state index contributed by atoms with van der Waals surface area (Å²) in [5.74, 6) is 1.20. The molecule has 1 aromatic heterocycles. The second-order valence-corrected chi connectivity index (χ2v) is 5.48. The number of likely N-dealkylation sites (tertiary alicyclic amines) is 1. The highest BCUT2D eigenvalue weighted by atomic mass is 15.2. The van der Waals surface area contributed by atoms with E-state index in [1.807, 2.05) is 6.20 Å². The molecule has 4 heteroatoms. The molecule has 0 bridgehead atoms. The van der Waals surface area contributed by atoms with Crippen molar-refractivity contribution in [1.29, 1.82) is 0 Å². The van der Waals surface area contributed by atoms with Crippen molar-refractivity contribution in [1.82, 2.24) is 14.5 Å². The highest BCUT2D eigenvalue weighted by Gasteiger charge is 2.26. The van der Waals surface area contributed by atoms with Crippen molar-refractivity contribution >= 4 is 0 Å². The van der Waals surface area contributed by atoms with Crippen LogP contribution in [0.1, 0.15) is 43.4 Å². The molecule has 0 radical (unpaired) electrons. The molecule has 4 nitrogen and oxygen atoms in total. The van der Waals surface area contributed by atoms with E-state index in [0.29, 0.717) is 6.04 Å². The first-order chi connectivity index (χ1) is 8.25. The molecule has 17 heavy (non-hydrogen) atoms. The highest BCUT2D eigenvalue weighted by Crippen LogP contribution is 2.25. The maximum absolute atomic E-state index is 6.21. The molecule has 1 saturated heterocycles. The molecule has 2 aliphatic heterocycles. The molecule has 1 aromatic rings. The smallest absolute Gasteiger partial charge is 0.111 e. The Hall–Kier alpha value is -0.870. The SMILES string of the molecule is CN1CCCC1Cc1ncc2n1C(N)CCC2. The highest BCUT2D eigenvalue weighted by molar-refractivity contribution is 5.11. The predicted molar refractivity (Wildman–Crippen MR) is 67.7 cm³/mol. The second-order valence-electron chi connectivity index (χ2n) is 5.48. The Morgan fingerprint density at radius 2 is 2.29 bits per heavy atom. The van der Waals surface area contributed by atoms with Crippen LogP contribution >= 0.6 is 0 Å². The van der Waals surface area contributed by atoms with Gasteiger partial charge in [-0.1, -0.05) is 0 Å². The molecule has 2 unspecified atom stereocenters. The molecule has 2 N–H and O–H groups in total. The van der Waals surface area contributed by atoms with E-state index in [9.17, 15) is 0 Å². The van der Waals surface area contributed by atoms with Crippen molar-refractivity contribution in [2.75, 3.05) is 13.6 Å². The number of likely N-dealkylation sites (N-methyl/N-ethyl adjacent to an activating group) is 1. The molecule has 0 aliphatic carbocycles. The van der Waals surface area contributed by atoms with E-state index in [-0.39, 0.29) is 6.17 Å². The van der Waals surface area contributed by atoms with E-state index >= 15 is 0 Å². The van der Waals surface area contributed by atoms with Gasteiger partial charge >= 0.3 is 0 Å². The lowest BCUT2D eigenvalue weighted by Gasteiger charge is -2.26. The van der Waals surface area contributed by atoms with Crippen molar-refractivity contribution < 1.29 is 0 Å². The first-order valence-electron chi connectivity index (χ1n) is 6.76. The average Bonchev–Trinajstić information content (AvgIpc) is 2.89. The monoisotopic (exact) mass is 234 g/mol. The van der Waals surface area contributed by atoms with E-state index in [1.54, 1.807) is 0 Å². The molecular weight excluding hydrogens is 212 g/mol. The van der Waals surface area contributed by atoms with Crippen LogP contribution in [0.2, 0.25) is 0 Å². The van der Waals surface area contributed by atoms with Gasteiger partial charge in [-0.25, -0.2) is 4.98 Å². The molecule has 94 valence electrons. The van der Waals surface area contributed by atoms with E-state index in [4.69, 9.17) is 5.73 Å². The summed E-state index contributed by atoms with van der Waals surface area (Å²) in [5, 5.41) is 0. The van der Waals surface area contributed by atoms with Gasteiger partial charge in [0, 0.05) is 24.4 Å². The van der Waals surface area contributed by atoms with Gasteiger partial charge in [0.05, 0.1) is 6.17 Å². The number of fused-ring (bicyclic) bond motifs is 1. The Bertz CT molecular complexity index is 398. The maximum Gasteiger partial charge on any atom is 0.111 e. The van der Waals surface area contributed by atoms with Gasteiger partial charge < -0.3 is 15.2 Å². The maximum atomic E-state index is 6.21. The molecule has 2 aliphatic rings. The van der Waals surface area contributed by atoms with Gasteiger partial charge in [-0.15, -0.1) is 0 Å². The zero-order chi connectivity index (χ0) is 11.8. The number of aryl methyl sites for hydroxylation is 1. The minimum absolute atomic E-state index is 0.156. The Morgan fingerprint density at radius 3 is 3.06 bits per heavy atom. The average molecular weight is 234 g/mol. The molecule has 0 saturated carbocycles. The summed E-state index contributed by atoms with van der Waals surface area (Å²) in [5.41, 5.74) is 7.54. The summed E-state index contributed by atoms with van der Waals surface area (Å²) >= 11 is 0. The first kappa shape index (κ1) is 11.2. The fraction of sp³-hybridized carbons (Fsp3) is 0.769. The lowest BCUT2D eigenvalue weighted by atomic mass is 10.1. The fourth-order valence-electron chi connectivity index (χ4n) is 3.25. The second kappa shape index (κ2) is 4.42. The molecule has 3 heterocycles. The quantitative estimate of drug-likeness (QED) is 0.839. The van der Waals surface area contributed by atoms with Crippen LogP contribution in [0.5, 0.6) is 0 Å². The number of hydrogen-bond acceptors (Lipinski definition) is 3. The minimum Gasteiger partial charge on any atom is -0.316 e. The molecule has 0 spiro atoms. The summed E-state index contributed by atoms with van der Waals surface area (Å²) in [4.78, 5) is 7.06. The number of hydrogen-bond donors (Lipinski definition) is 1. The van der Waals surface area contributed by atoms with Gasteiger partial charge in [-0.2, -0.15) is 0 Å². The molecule has 0 amide bonds. The van der Waals surface area contributed by atoms with Crippen LogP contribution in [0.15, 0.2) is 6.20 Å². The summed E-state index contributed by atoms with van der Waals surface area (Å²) in [6.45, 7) is 1.23. The van der Waals surface area contributed by atoms with Gasteiger partial charge in [0.2, 0.25) is 0 Å². The lowest BCUT2D eigenvalue weighted by Crippen LogP contribution is -2.31. The van der Waals surface area contributed by atoms with E-state index < -0.39 is 0 Å². The van der Waals surface area contributed by atoms with Gasteiger partial charge in [-0.05, 0) is 45.7 Å². The number of rotatable bonds is 2. The number of nitrogens with zero attached hydrogens (tertiary/aromatic N) is 3. The number of imidazole rings is 1. The number of nitrogens with two attached hydrogens (primary N) is 1. The first-order valence-corrected chi connectivity index (χ1v) is 6.76. The minimum atomic E-state index is 0.156.